The fraction of sp³-hybridized carbons (Fsp3) is 0.391. The number of carbonyl (C=O) groups excluding carboxylic acids is 1. The van der Waals surface area contributed by atoms with Crippen LogP contribution in [0.3, 0.4) is 0 Å². The number of likely N-dealkylation sites (tertiary alicyclic amines) is 1. The number of pyridine rings is 1. The number of anilines is 2. The number of aromatic nitrogens is 4. The highest BCUT2D eigenvalue weighted by Crippen LogP contribution is 2.26. The van der Waals surface area contributed by atoms with E-state index in [1.807, 2.05) is 18.2 Å². The third-order valence-electron chi connectivity index (χ3n) is 5.67. The van der Waals surface area contributed by atoms with Gasteiger partial charge in [0.25, 0.3) is 5.91 Å². The molecule has 3 aromatic heterocycles. The number of amides is 1. The summed E-state index contributed by atoms with van der Waals surface area (Å²) in [4.78, 5) is 34.0. The number of thiazole rings is 1. The molecule has 1 aliphatic rings. The molecule has 0 saturated carbocycles. The van der Waals surface area contributed by atoms with Crippen molar-refractivity contribution < 1.29 is 4.79 Å². The average Bonchev–Trinajstić information content (AvgIpc) is 3.31. The molecule has 4 rings (SSSR count). The van der Waals surface area contributed by atoms with E-state index < -0.39 is 0 Å². The lowest BCUT2D eigenvalue weighted by Crippen LogP contribution is -2.34. The monoisotopic (exact) mass is 462 g/mol. The molecule has 10 heteroatoms. The Hall–Kier alpha value is -3.42. The molecule has 1 N–H and O–H groups in total. The first kappa shape index (κ1) is 22.8. The fourth-order valence-electron chi connectivity index (χ4n) is 3.87. The summed E-state index contributed by atoms with van der Waals surface area (Å²) in [6, 6.07) is 8.06. The molecule has 0 aliphatic carbocycles. The maximum Gasteiger partial charge on any atom is 0.273 e. The first-order valence-electron chi connectivity index (χ1n) is 10.9. The quantitative estimate of drug-likeness (QED) is 0.509. The molecule has 1 fully saturated rings. The van der Waals surface area contributed by atoms with Gasteiger partial charge in [-0.3, -0.25) is 14.7 Å². The van der Waals surface area contributed by atoms with Crippen molar-refractivity contribution in [3.63, 3.8) is 0 Å². The van der Waals surface area contributed by atoms with Gasteiger partial charge in [-0.15, -0.1) is 11.3 Å². The molecule has 1 saturated heterocycles. The molecule has 0 bridgehead atoms. The Morgan fingerprint density at radius 2 is 2.15 bits per heavy atom. The van der Waals surface area contributed by atoms with Crippen LogP contribution >= 0.6 is 11.3 Å². The normalized spacial score (nSPS) is 16.2. The van der Waals surface area contributed by atoms with Gasteiger partial charge in [-0.1, -0.05) is 0 Å². The average molecular weight is 463 g/mol. The smallest absolute Gasteiger partial charge is 0.273 e. The van der Waals surface area contributed by atoms with Gasteiger partial charge in [0.2, 0.25) is 5.95 Å². The summed E-state index contributed by atoms with van der Waals surface area (Å²) in [6.07, 6.45) is 8.09. The second-order valence-corrected chi connectivity index (χ2v) is 8.89. The Morgan fingerprint density at radius 3 is 2.97 bits per heavy atom. The molecule has 1 aliphatic heterocycles. The minimum absolute atomic E-state index is 0.122. The minimum atomic E-state index is -0.122. The Labute approximate surface area is 197 Å². The van der Waals surface area contributed by atoms with Gasteiger partial charge in [0.1, 0.15) is 5.69 Å². The number of likely N-dealkylation sites (N-methyl/N-ethyl adjacent to an activating group) is 1. The number of hydrogen-bond acceptors (Lipinski definition) is 9. The summed E-state index contributed by atoms with van der Waals surface area (Å²) in [5, 5.41) is 14.4. The van der Waals surface area contributed by atoms with Crippen molar-refractivity contribution in [3.05, 3.63) is 59.1 Å². The van der Waals surface area contributed by atoms with Crippen LogP contribution in [0.5, 0.6) is 0 Å². The van der Waals surface area contributed by atoms with Gasteiger partial charge in [-0.25, -0.2) is 15.0 Å². The van der Waals surface area contributed by atoms with Crippen molar-refractivity contribution in [1.82, 2.24) is 29.7 Å². The molecule has 0 spiro atoms. The molecule has 1 atom stereocenters. The molecule has 1 amide bonds. The largest absolute Gasteiger partial charge is 0.340 e. The SMILES string of the molecule is CN(CCc1ccncc1)C(=O)c1csc(Nc2nccc([C@H]3CCCN(CC#N)C3)n2)n1. The lowest BCUT2D eigenvalue weighted by atomic mass is 9.94. The summed E-state index contributed by atoms with van der Waals surface area (Å²) in [7, 11) is 1.78. The molecule has 9 nitrogen and oxygen atoms in total. The van der Waals surface area contributed by atoms with Crippen LogP contribution in [0.15, 0.2) is 42.2 Å². The third kappa shape index (κ3) is 6.09. The number of carbonyl (C=O) groups is 1. The van der Waals surface area contributed by atoms with Crippen LogP contribution in [0.25, 0.3) is 0 Å². The molecular formula is C23H26N8OS. The van der Waals surface area contributed by atoms with E-state index in [1.165, 1.54) is 11.3 Å². The van der Waals surface area contributed by atoms with Crippen LogP contribution < -0.4 is 5.32 Å². The Bertz CT molecular complexity index is 1110. The Kier molecular flexibility index (Phi) is 7.55. The minimum Gasteiger partial charge on any atom is -0.340 e. The molecular weight excluding hydrogens is 436 g/mol. The van der Waals surface area contributed by atoms with Crippen molar-refractivity contribution in [2.45, 2.75) is 25.2 Å². The van der Waals surface area contributed by atoms with Gasteiger partial charge in [0.15, 0.2) is 5.13 Å². The number of nitriles is 1. The van der Waals surface area contributed by atoms with Gasteiger partial charge in [-0.2, -0.15) is 5.26 Å². The molecule has 3 aromatic rings. The van der Waals surface area contributed by atoms with E-state index in [0.717, 1.165) is 43.6 Å². The standard InChI is InChI=1S/C23H26N8OS/c1-30(13-7-17-4-9-25-10-5-17)21(32)20-16-33-23(28-20)29-22-26-11-6-19(27-22)18-3-2-12-31(15-18)14-8-24/h4-6,9-11,16,18H,2-3,7,12-15H2,1H3,(H,26,27,28,29)/t18-/m0/s1. The van der Waals surface area contributed by atoms with Crippen molar-refractivity contribution >= 4 is 28.3 Å². The van der Waals surface area contributed by atoms with E-state index in [1.54, 1.807) is 35.9 Å². The summed E-state index contributed by atoms with van der Waals surface area (Å²) in [5.74, 6) is 0.616. The predicted octanol–water partition coefficient (Wildman–Crippen LogP) is 3.09. The van der Waals surface area contributed by atoms with Crippen molar-refractivity contribution in [2.24, 2.45) is 0 Å². The molecule has 0 unspecified atom stereocenters. The number of rotatable bonds is 8. The first-order chi connectivity index (χ1) is 16.1. The highest BCUT2D eigenvalue weighted by atomic mass is 32.1. The van der Waals surface area contributed by atoms with E-state index >= 15 is 0 Å². The molecule has 4 heterocycles. The number of nitrogens with zero attached hydrogens (tertiary/aromatic N) is 7. The Morgan fingerprint density at radius 1 is 1.30 bits per heavy atom. The maximum absolute atomic E-state index is 12.7. The zero-order valence-corrected chi connectivity index (χ0v) is 19.3. The maximum atomic E-state index is 12.7. The molecule has 170 valence electrons. The highest BCUT2D eigenvalue weighted by Gasteiger charge is 2.23. The topological polar surface area (TPSA) is 111 Å². The van der Waals surface area contributed by atoms with E-state index in [9.17, 15) is 4.79 Å². The van der Waals surface area contributed by atoms with E-state index in [2.05, 4.69) is 36.2 Å². The second kappa shape index (κ2) is 10.9. The van der Waals surface area contributed by atoms with E-state index in [-0.39, 0.29) is 11.8 Å². The van der Waals surface area contributed by atoms with E-state index in [4.69, 9.17) is 5.26 Å². The van der Waals surface area contributed by atoms with Gasteiger partial charge in [-0.05, 0) is 49.6 Å². The first-order valence-corrected chi connectivity index (χ1v) is 11.8. The van der Waals surface area contributed by atoms with Crippen LogP contribution in [-0.4, -0.2) is 68.9 Å². The zero-order chi connectivity index (χ0) is 23.0. The van der Waals surface area contributed by atoms with Gasteiger partial charge in [0, 0.05) is 50.0 Å². The van der Waals surface area contributed by atoms with Crippen molar-refractivity contribution in [2.75, 3.05) is 38.5 Å². The number of piperidine rings is 1. The lowest BCUT2D eigenvalue weighted by molar-refractivity contribution is 0.0792. The molecule has 0 aromatic carbocycles. The van der Waals surface area contributed by atoms with Crippen LogP contribution in [-0.2, 0) is 6.42 Å². The van der Waals surface area contributed by atoms with Gasteiger partial charge in [0.05, 0.1) is 18.3 Å². The van der Waals surface area contributed by atoms with Crippen LogP contribution in [0.1, 0.15) is 40.5 Å². The van der Waals surface area contributed by atoms with Crippen molar-refractivity contribution in [1.29, 1.82) is 5.26 Å². The zero-order valence-electron chi connectivity index (χ0n) is 18.5. The number of hydrogen-bond donors (Lipinski definition) is 1. The Balaban J connectivity index is 1.36. The van der Waals surface area contributed by atoms with Gasteiger partial charge >= 0.3 is 0 Å². The summed E-state index contributed by atoms with van der Waals surface area (Å²) in [5.41, 5.74) is 2.49. The van der Waals surface area contributed by atoms with Gasteiger partial charge < -0.3 is 10.2 Å². The molecule has 0 radical (unpaired) electrons. The third-order valence-corrected chi connectivity index (χ3v) is 6.43. The molecule has 33 heavy (non-hydrogen) atoms. The summed E-state index contributed by atoms with van der Waals surface area (Å²) >= 11 is 1.35. The number of nitrogens with one attached hydrogen (secondary N) is 1. The van der Waals surface area contributed by atoms with Crippen LogP contribution in [0.4, 0.5) is 11.1 Å². The predicted molar refractivity (Wildman–Crippen MR) is 126 cm³/mol. The fourth-order valence-corrected chi connectivity index (χ4v) is 4.55. The highest BCUT2D eigenvalue weighted by molar-refractivity contribution is 7.14. The summed E-state index contributed by atoms with van der Waals surface area (Å²) < 4.78 is 0. The van der Waals surface area contributed by atoms with Crippen molar-refractivity contribution in [3.8, 4) is 6.07 Å². The lowest BCUT2D eigenvalue weighted by Gasteiger charge is -2.30. The summed E-state index contributed by atoms with van der Waals surface area (Å²) in [6.45, 7) is 2.82. The van der Waals surface area contributed by atoms with Crippen LogP contribution in [0, 0.1) is 11.3 Å². The van der Waals surface area contributed by atoms with Crippen LogP contribution in [0.2, 0.25) is 0 Å². The van der Waals surface area contributed by atoms with E-state index in [0.29, 0.717) is 29.9 Å². The second-order valence-electron chi connectivity index (χ2n) is 8.03.